The van der Waals surface area contributed by atoms with E-state index in [4.69, 9.17) is 0 Å². The third-order valence-electron chi connectivity index (χ3n) is 1.99. The Bertz CT molecular complexity index is 313. The number of rotatable bonds is 1. The maximum absolute atomic E-state index is 4.26. The van der Waals surface area contributed by atoms with Crippen molar-refractivity contribution in [3.8, 4) is 0 Å². The minimum atomic E-state index is 0.284. The van der Waals surface area contributed by atoms with Gasteiger partial charge in [-0.3, -0.25) is 0 Å². The van der Waals surface area contributed by atoms with E-state index in [-0.39, 0.29) is 6.04 Å². The molecule has 0 saturated heterocycles. The molecule has 1 atom stereocenters. The van der Waals surface area contributed by atoms with Crippen LogP contribution in [-0.2, 0) is 7.05 Å². The summed E-state index contributed by atoms with van der Waals surface area (Å²) < 4.78 is 1.95. The zero-order valence-electron chi connectivity index (χ0n) is 7.28. The van der Waals surface area contributed by atoms with Crippen LogP contribution in [0.5, 0.6) is 0 Å². The van der Waals surface area contributed by atoms with Crippen LogP contribution in [0.2, 0.25) is 0 Å². The molecule has 0 saturated carbocycles. The average molecular weight is 164 g/mol. The van der Waals surface area contributed by atoms with Gasteiger partial charge in [-0.25, -0.2) is 4.98 Å². The van der Waals surface area contributed by atoms with Crippen molar-refractivity contribution in [1.29, 1.82) is 0 Å². The Labute approximate surface area is 71.3 Å². The summed E-state index contributed by atoms with van der Waals surface area (Å²) >= 11 is 0. The number of hydrogen-bond donors (Lipinski definition) is 1. The molecular weight excluding hydrogens is 152 g/mol. The summed E-state index contributed by atoms with van der Waals surface area (Å²) in [5.41, 5.74) is 5.26. The lowest BCUT2D eigenvalue weighted by atomic mass is 10.1. The summed E-state index contributed by atoms with van der Waals surface area (Å²) in [5.74, 6) is 0. The summed E-state index contributed by atoms with van der Waals surface area (Å²) in [6, 6.07) is 0.284. The number of nitrogens with one attached hydrogen (secondary N) is 1. The highest BCUT2D eigenvalue weighted by Gasteiger charge is 2.18. The highest BCUT2D eigenvalue weighted by molar-refractivity contribution is 5.83. The average Bonchev–Trinajstić information content (AvgIpc) is 2.58. The van der Waals surface area contributed by atoms with Gasteiger partial charge in [0.2, 0.25) is 0 Å². The van der Waals surface area contributed by atoms with E-state index in [9.17, 15) is 0 Å². The van der Waals surface area contributed by atoms with Crippen LogP contribution in [0.25, 0.3) is 0 Å². The first-order valence-electron chi connectivity index (χ1n) is 4.02. The summed E-state index contributed by atoms with van der Waals surface area (Å²) in [7, 11) is 1.97. The molecule has 1 aliphatic rings. The van der Waals surface area contributed by atoms with Crippen LogP contribution in [0.1, 0.15) is 25.1 Å². The Morgan fingerprint density at radius 3 is 3.00 bits per heavy atom. The molecule has 0 aliphatic carbocycles. The van der Waals surface area contributed by atoms with E-state index in [1.165, 1.54) is 0 Å². The van der Waals surface area contributed by atoms with Gasteiger partial charge in [-0.15, -0.1) is 0 Å². The van der Waals surface area contributed by atoms with Crippen molar-refractivity contribution in [3.05, 3.63) is 18.2 Å². The van der Waals surface area contributed by atoms with E-state index < -0.39 is 0 Å². The molecular formula is C8H12N4. The van der Waals surface area contributed by atoms with E-state index in [0.717, 1.165) is 17.8 Å². The summed E-state index contributed by atoms with van der Waals surface area (Å²) in [6.07, 6.45) is 4.80. The monoisotopic (exact) mass is 164 g/mol. The lowest BCUT2D eigenvalue weighted by Gasteiger charge is -2.04. The van der Waals surface area contributed by atoms with Crippen LogP contribution >= 0.6 is 0 Å². The summed E-state index contributed by atoms with van der Waals surface area (Å²) in [5, 5.41) is 4.12. The second-order valence-corrected chi connectivity index (χ2v) is 3.20. The molecule has 2 heterocycles. The number of hydrazone groups is 1. The summed E-state index contributed by atoms with van der Waals surface area (Å²) in [4.78, 5) is 4.26. The van der Waals surface area contributed by atoms with Gasteiger partial charge in [0.15, 0.2) is 0 Å². The van der Waals surface area contributed by atoms with Crippen molar-refractivity contribution in [2.45, 2.75) is 19.4 Å². The van der Waals surface area contributed by atoms with E-state index >= 15 is 0 Å². The Hall–Kier alpha value is -1.32. The van der Waals surface area contributed by atoms with Gasteiger partial charge in [0.05, 0.1) is 18.1 Å². The van der Waals surface area contributed by atoms with Crippen LogP contribution in [-0.4, -0.2) is 15.3 Å². The smallest absolute Gasteiger partial charge is 0.0947 e. The minimum absolute atomic E-state index is 0.284. The molecule has 1 aromatic heterocycles. The third-order valence-corrected chi connectivity index (χ3v) is 1.99. The van der Waals surface area contributed by atoms with Crippen LogP contribution in [0.15, 0.2) is 17.6 Å². The summed E-state index contributed by atoms with van der Waals surface area (Å²) in [6.45, 7) is 2.02. The topological polar surface area (TPSA) is 42.2 Å². The molecule has 0 radical (unpaired) electrons. The lowest BCUT2D eigenvalue weighted by Crippen LogP contribution is -2.09. The maximum Gasteiger partial charge on any atom is 0.0947 e. The SMILES string of the molecule is CC1=NNC(c2cn(C)cn2)C1. The van der Waals surface area contributed by atoms with E-state index in [1.807, 2.05) is 31.1 Å². The molecule has 4 heteroatoms. The van der Waals surface area contributed by atoms with E-state index in [0.29, 0.717) is 0 Å². The molecule has 1 unspecified atom stereocenters. The zero-order chi connectivity index (χ0) is 8.55. The predicted octanol–water partition coefficient (Wildman–Crippen LogP) is 0.830. The fourth-order valence-electron chi connectivity index (χ4n) is 1.36. The van der Waals surface area contributed by atoms with Gasteiger partial charge >= 0.3 is 0 Å². The lowest BCUT2D eigenvalue weighted by molar-refractivity contribution is 0.605. The van der Waals surface area contributed by atoms with E-state index in [1.54, 1.807) is 0 Å². The zero-order valence-corrected chi connectivity index (χ0v) is 7.28. The third kappa shape index (κ3) is 1.20. The van der Waals surface area contributed by atoms with Crippen LogP contribution < -0.4 is 5.43 Å². The van der Waals surface area contributed by atoms with Gasteiger partial charge in [-0.1, -0.05) is 0 Å². The number of nitrogens with zero attached hydrogens (tertiary/aromatic N) is 3. The van der Waals surface area contributed by atoms with E-state index in [2.05, 4.69) is 15.5 Å². The molecule has 0 bridgehead atoms. The normalized spacial score (nSPS) is 22.2. The highest BCUT2D eigenvalue weighted by atomic mass is 15.3. The number of hydrogen-bond acceptors (Lipinski definition) is 3. The Balaban J connectivity index is 2.13. The van der Waals surface area contributed by atoms with Crippen molar-refractivity contribution in [1.82, 2.24) is 15.0 Å². The fourth-order valence-corrected chi connectivity index (χ4v) is 1.36. The van der Waals surface area contributed by atoms with Gasteiger partial charge in [-0.2, -0.15) is 5.10 Å². The maximum atomic E-state index is 4.26. The number of imidazole rings is 1. The Morgan fingerprint density at radius 2 is 2.50 bits per heavy atom. The molecule has 12 heavy (non-hydrogen) atoms. The second kappa shape index (κ2) is 2.62. The highest BCUT2D eigenvalue weighted by Crippen LogP contribution is 2.18. The van der Waals surface area contributed by atoms with Gasteiger partial charge in [-0.05, 0) is 6.92 Å². The Morgan fingerprint density at radius 1 is 1.67 bits per heavy atom. The predicted molar refractivity (Wildman–Crippen MR) is 46.8 cm³/mol. The van der Waals surface area contributed by atoms with Crippen molar-refractivity contribution in [2.75, 3.05) is 0 Å². The van der Waals surface area contributed by atoms with Crippen molar-refractivity contribution < 1.29 is 0 Å². The molecule has 64 valence electrons. The first-order chi connectivity index (χ1) is 5.75. The van der Waals surface area contributed by atoms with Gasteiger partial charge < -0.3 is 9.99 Å². The standard InChI is InChI=1S/C8H12N4/c1-6-3-7(11-10-6)8-4-12(2)5-9-8/h4-5,7,11H,3H2,1-2H3. The molecule has 1 N–H and O–H groups in total. The van der Waals surface area contributed by atoms with Gasteiger partial charge in [0.1, 0.15) is 0 Å². The van der Waals surface area contributed by atoms with Crippen molar-refractivity contribution >= 4 is 5.71 Å². The quantitative estimate of drug-likeness (QED) is 0.668. The molecule has 0 amide bonds. The van der Waals surface area contributed by atoms with Crippen LogP contribution in [0.3, 0.4) is 0 Å². The molecule has 4 nitrogen and oxygen atoms in total. The second-order valence-electron chi connectivity index (χ2n) is 3.20. The number of aromatic nitrogens is 2. The molecule has 0 spiro atoms. The fraction of sp³-hybridized carbons (Fsp3) is 0.500. The largest absolute Gasteiger partial charge is 0.340 e. The first-order valence-corrected chi connectivity index (χ1v) is 4.02. The van der Waals surface area contributed by atoms with Crippen molar-refractivity contribution in [2.24, 2.45) is 12.1 Å². The van der Waals surface area contributed by atoms with Crippen molar-refractivity contribution in [3.63, 3.8) is 0 Å². The molecule has 1 aromatic rings. The molecule has 0 aromatic carbocycles. The Kier molecular flexibility index (Phi) is 1.60. The van der Waals surface area contributed by atoms with Gasteiger partial charge in [0.25, 0.3) is 0 Å². The van der Waals surface area contributed by atoms with Crippen LogP contribution in [0, 0.1) is 0 Å². The molecule has 0 fully saturated rings. The molecule has 2 rings (SSSR count). The van der Waals surface area contributed by atoms with Crippen LogP contribution in [0.4, 0.5) is 0 Å². The minimum Gasteiger partial charge on any atom is -0.340 e. The first kappa shape index (κ1) is 7.34. The molecule has 1 aliphatic heterocycles. The van der Waals surface area contributed by atoms with Gasteiger partial charge in [0, 0.05) is 25.4 Å². The number of aryl methyl sites for hydroxylation is 1.